The van der Waals surface area contributed by atoms with E-state index in [1.807, 2.05) is 4.19 Å². The van der Waals surface area contributed by atoms with Crippen molar-refractivity contribution >= 4 is 0 Å². The van der Waals surface area contributed by atoms with Crippen molar-refractivity contribution in [2.45, 2.75) is 0 Å². The van der Waals surface area contributed by atoms with Crippen molar-refractivity contribution in [3.8, 4) is 24.8 Å². The van der Waals surface area contributed by atoms with E-state index in [-0.39, 0.29) is 159 Å². The summed E-state index contributed by atoms with van der Waals surface area (Å²) >= 11 is 0. The molecule has 0 spiro atoms. The van der Waals surface area contributed by atoms with Gasteiger partial charge in [-0.1, -0.05) is 0 Å². The van der Waals surface area contributed by atoms with Gasteiger partial charge in [0, 0.05) is 0 Å². The predicted octanol–water partition coefficient (Wildman–Crippen LogP) is -15.0. The number of rotatable bonds is 1. The third-order valence-corrected chi connectivity index (χ3v) is 4.65. The summed E-state index contributed by atoms with van der Waals surface area (Å²) in [4.78, 5) is 14.9. The number of hydrogen-bond donors (Lipinski definition) is 0. The summed E-state index contributed by atoms with van der Waals surface area (Å²) in [6.07, 6.45) is 0. The van der Waals surface area contributed by atoms with E-state index in [1.54, 1.807) is 0 Å². The molecule has 0 aliphatic carbocycles. The predicted molar refractivity (Wildman–Crippen MR) is 37.7 cm³/mol. The second-order valence-electron chi connectivity index (χ2n) is 1.74. The molecule has 9 nitrogen and oxygen atoms in total. The van der Waals surface area contributed by atoms with E-state index in [0.717, 1.165) is 24.8 Å². The van der Waals surface area contributed by atoms with E-state index < -0.39 is 11.0 Å². The SMILES string of the molecule is N#[C][Fe-3]([C]#N)([C]#N)([C]#N)([C]#N)[N]=O.[Na+].[Na+].[Na+].[Na+].[Na+].[OH-].[OH-]. The van der Waals surface area contributed by atoms with Crippen LogP contribution in [0.5, 0.6) is 0 Å². The van der Waals surface area contributed by atoms with Crippen molar-refractivity contribution in [2.24, 2.45) is 4.19 Å². The molecule has 0 aliphatic heterocycles. The molecule has 0 aromatic heterocycles. The molecule has 0 heterocycles. The molecule has 0 atom stereocenters. The Labute approximate surface area is 225 Å². The molecule has 0 radical (unpaired) electrons. The van der Waals surface area contributed by atoms with Gasteiger partial charge in [0.2, 0.25) is 0 Å². The fourth-order valence-electron chi connectivity index (χ4n) is 0.249. The van der Waals surface area contributed by atoms with Crippen LogP contribution >= 0.6 is 0 Å². The molecule has 0 saturated heterocycles. The van der Waals surface area contributed by atoms with E-state index in [9.17, 15) is 4.91 Å². The zero-order valence-electron chi connectivity index (χ0n) is 11.8. The molecule has 0 aromatic rings. The molecule has 0 aliphatic rings. The van der Waals surface area contributed by atoms with E-state index in [0.29, 0.717) is 0 Å². The van der Waals surface area contributed by atoms with E-state index in [4.69, 9.17) is 26.3 Å². The smallest absolute Gasteiger partial charge is 0.870 e. The maximum Gasteiger partial charge on any atom is 1.00 e. The normalized spacial score (nSPS) is 8.95. The molecule has 0 rings (SSSR count). The van der Waals surface area contributed by atoms with Crippen LogP contribution in [-0.2, 0) is 11.0 Å². The van der Waals surface area contributed by atoms with Crippen LogP contribution in [0, 0.1) is 56.1 Å². The van der Waals surface area contributed by atoms with Crippen molar-refractivity contribution in [1.29, 1.82) is 26.3 Å². The summed E-state index contributed by atoms with van der Waals surface area (Å²) in [6, 6.07) is 0. The van der Waals surface area contributed by atoms with Crippen molar-refractivity contribution < 1.29 is 170 Å². The minimum atomic E-state index is -6.40. The Morgan fingerprint density at radius 3 is 0.750 bits per heavy atom. The minimum Gasteiger partial charge on any atom is -0.870 e. The summed E-state index contributed by atoms with van der Waals surface area (Å²) in [5, 5.41) is 42.5. The van der Waals surface area contributed by atoms with E-state index >= 15 is 0 Å². The van der Waals surface area contributed by atoms with Gasteiger partial charge in [-0.15, -0.1) is 0 Å². The first-order chi connectivity index (χ1) is 5.97. The first-order valence-corrected chi connectivity index (χ1v) is 5.60. The standard InChI is InChI=1S/5CN.Fe.NO.5Na.2H2O/c5*1-2;;1-2;;;;;;;/h;;;;;;;;;;;;2*1H2/q;;;;;-2;-1;5*+1;;/p-2. The number of hydrogen-bond acceptors (Lipinski definition) is 9. The van der Waals surface area contributed by atoms with Gasteiger partial charge in [0.25, 0.3) is 0 Å². The van der Waals surface area contributed by atoms with Gasteiger partial charge >= 0.3 is 219 Å². The molecular formula is C5H2FeN6Na5O3. The summed E-state index contributed by atoms with van der Waals surface area (Å²) in [5.74, 6) is 0. The van der Waals surface area contributed by atoms with Gasteiger partial charge in [0.15, 0.2) is 0 Å². The van der Waals surface area contributed by atoms with E-state index in [2.05, 4.69) is 0 Å². The summed E-state index contributed by atoms with van der Waals surface area (Å²) < 4.78 is 1.97. The van der Waals surface area contributed by atoms with Crippen LogP contribution in [0.2, 0.25) is 0 Å². The Morgan fingerprint density at radius 1 is 0.600 bits per heavy atom. The van der Waals surface area contributed by atoms with Gasteiger partial charge in [-0.3, -0.25) is 0 Å². The van der Waals surface area contributed by atoms with Crippen molar-refractivity contribution in [1.82, 2.24) is 0 Å². The zero-order chi connectivity index (χ0) is 10.7. The fraction of sp³-hybridized carbons (Fsp3) is 0. The monoisotopic (exact) mass is 365 g/mol. The Bertz CT molecular complexity index is 415. The van der Waals surface area contributed by atoms with Gasteiger partial charge in [0.05, 0.1) is 0 Å². The second-order valence-corrected chi connectivity index (χ2v) is 7.17. The van der Waals surface area contributed by atoms with Crippen LogP contribution in [0.1, 0.15) is 0 Å². The fourth-order valence-corrected chi connectivity index (χ4v) is 1.03. The topological polar surface area (TPSA) is 208 Å². The Morgan fingerprint density at radius 2 is 0.750 bits per heavy atom. The number of nitriles is 5. The van der Waals surface area contributed by atoms with Crippen molar-refractivity contribution in [3.63, 3.8) is 0 Å². The molecule has 83 valence electrons. The molecule has 0 saturated carbocycles. The molecule has 0 bridgehead atoms. The Balaban J connectivity index is -0.0000000343. The quantitative estimate of drug-likeness (QED) is 0.321. The first kappa shape index (κ1) is 49.5. The minimum absolute atomic E-state index is 0. The number of nitroso groups, excluding NO2 is 1. The zero-order valence-corrected chi connectivity index (χ0v) is 22.9. The number of nitrogens with zero attached hydrogens (tertiary/aromatic N) is 6. The average Bonchev–Trinajstić information content (AvgIpc) is 2.26. The molecular weight excluding hydrogens is 363 g/mol. The maximum atomic E-state index is 10.3. The van der Waals surface area contributed by atoms with Crippen molar-refractivity contribution in [3.05, 3.63) is 4.91 Å². The third-order valence-electron chi connectivity index (χ3n) is 1.13. The van der Waals surface area contributed by atoms with Crippen LogP contribution < -0.4 is 148 Å². The Kier molecular flexibility index (Phi) is 40.4. The molecule has 15 heteroatoms. The van der Waals surface area contributed by atoms with Crippen molar-refractivity contribution in [2.75, 3.05) is 0 Å². The summed E-state index contributed by atoms with van der Waals surface area (Å²) in [5.41, 5.74) is 0. The van der Waals surface area contributed by atoms with Crippen LogP contribution in [0.3, 0.4) is 0 Å². The Hall–Kier alpha value is 2.49. The molecule has 20 heavy (non-hydrogen) atoms. The van der Waals surface area contributed by atoms with Crippen LogP contribution in [-0.4, -0.2) is 11.0 Å². The average molecular weight is 365 g/mol. The second kappa shape index (κ2) is 16.4. The molecule has 0 aromatic carbocycles. The van der Waals surface area contributed by atoms with E-state index in [1.165, 1.54) is 0 Å². The molecule has 0 unspecified atom stereocenters. The largest absolute Gasteiger partial charge is 1.00 e. The maximum absolute atomic E-state index is 10.3. The summed E-state index contributed by atoms with van der Waals surface area (Å²) in [7, 11) is -6.40. The van der Waals surface area contributed by atoms with Gasteiger partial charge in [-0.2, -0.15) is 0 Å². The van der Waals surface area contributed by atoms with Crippen LogP contribution in [0.4, 0.5) is 0 Å². The van der Waals surface area contributed by atoms with Gasteiger partial charge in [0.1, 0.15) is 0 Å². The molecule has 0 fully saturated rings. The van der Waals surface area contributed by atoms with Crippen LogP contribution in [0.15, 0.2) is 4.19 Å². The molecule has 2 N–H and O–H groups in total. The van der Waals surface area contributed by atoms with Gasteiger partial charge < -0.3 is 11.0 Å². The van der Waals surface area contributed by atoms with Gasteiger partial charge in [-0.05, 0) is 0 Å². The van der Waals surface area contributed by atoms with Gasteiger partial charge in [-0.25, -0.2) is 0 Å². The first-order valence-electron chi connectivity index (χ1n) is 2.34. The summed E-state index contributed by atoms with van der Waals surface area (Å²) in [6.45, 7) is 0. The third kappa shape index (κ3) is 7.37. The molecule has 0 amide bonds. The van der Waals surface area contributed by atoms with Crippen LogP contribution in [0.25, 0.3) is 0 Å².